The molecule has 0 aliphatic heterocycles. The van der Waals surface area contributed by atoms with Gasteiger partial charge in [-0.05, 0) is 67.1 Å². The van der Waals surface area contributed by atoms with Crippen LogP contribution in [-0.4, -0.2) is 55.0 Å². The number of methoxy groups -OCH3 is 2. The average Bonchev–Trinajstić information content (AvgIpc) is 3.41. The van der Waals surface area contributed by atoms with Crippen molar-refractivity contribution in [2.75, 3.05) is 27.3 Å². The first-order valence-electron chi connectivity index (χ1n) is 11.9. The van der Waals surface area contributed by atoms with Gasteiger partial charge < -0.3 is 19.3 Å². The molecule has 36 heavy (non-hydrogen) atoms. The highest BCUT2D eigenvalue weighted by atomic mass is 32.1. The van der Waals surface area contributed by atoms with Crippen molar-refractivity contribution in [1.29, 1.82) is 0 Å². The number of nitrogens with zero attached hydrogens (tertiary/aromatic N) is 2. The predicted octanol–water partition coefficient (Wildman–Crippen LogP) is 5.42. The molecule has 0 radical (unpaired) electrons. The Morgan fingerprint density at radius 1 is 1.03 bits per heavy atom. The molecule has 3 aromatic rings. The van der Waals surface area contributed by atoms with E-state index in [0.29, 0.717) is 37.4 Å². The summed E-state index contributed by atoms with van der Waals surface area (Å²) in [5, 5.41) is 1.98. The van der Waals surface area contributed by atoms with E-state index in [4.69, 9.17) is 9.47 Å². The fourth-order valence-corrected chi connectivity index (χ4v) is 4.58. The summed E-state index contributed by atoms with van der Waals surface area (Å²) in [6.45, 7) is 4.70. The van der Waals surface area contributed by atoms with Gasteiger partial charge in [0.15, 0.2) is 11.5 Å². The maximum absolute atomic E-state index is 13.8. The summed E-state index contributed by atoms with van der Waals surface area (Å²) >= 11 is 1.58. The van der Waals surface area contributed by atoms with E-state index in [-0.39, 0.29) is 30.0 Å². The first-order valence-corrected chi connectivity index (χ1v) is 12.8. The maximum atomic E-state index is 13.8. The molecule has 0 aliphatic rings. The monoisotopic (exact) mass is 512 g/mol. The van der Waals surface area contributed by atoms with Crippen molar-refractivity contribution in [3.05, 3.63) is 81.8 Å². The topological polar surface area (TPSA) is 59.1 Å². The summed E-state index contributed by atoms with van der Waals surface area (Å²) in [5.41, 5.74) is 1.24. The molecule has 0 aliphatic carbocycles. The van der Waals surface area contributed by atoms with E-state index in [0.717, 1.165) is 10.4 Å². The molecule has 0 saturated carbocycles. The van der Waals surface area contributed by atoms with E-state index in [1.807, 2.05) is 49.6 Å². The van der Waals surface area contributed by atoms with Crippen molar-refractivity contribution in [1.82, 2.24) is 9.80 Å². The summed E-state index contributed by atoms with van der Waals surface area (Å²) in [6.07, 6.45) is 1.28. The summed E-state index contributed by atoms with van der Waals surface area (Å²) in [5.74, 6) is 0.287. The SMILES string of the molecule is CCC(C)N(CC(=O)N(CCc1ccc(OC)c(OC)c1)Cc1cccs1)C(=O)c1cccc(F)c1. The van der Waals surface area contributed by atoms with Crippen LogP contribution in [0.1, 0.15) is 41.1 Å². The van der Waals surface area contributed by atoms with Gasteiger partial charge in [-0.1, -0.05) is 25.1 Å². The molecular formula is C28H33FN2O4S. The molecule has 3 rings (SSSR count). The Kier molecular flexibility index (Phi) is 9.87. The minimum Gasteiger partial charge on any atom is -0.493 e. The van der Waals surface area contributed by atoms with E-state index in [1.54, 1.807) is 36.5 Å². The molecule has 0 spiro atoms. The second-order valence-electron chi connectivity index (χ2n) is 8.53. The van der Waals surface area contributed by atoms with Crippen LogP contribution in [0, 0.1) is 5.82 Å². The number of benzene rings is 2. The molecule has 192 valence electrons. The van der Waals surface area contributed by atoms with E-state index in [2.05, 4.69) is 0 Å². The minimum absolute atomic E-state index is 0.0817. The number of thiophene rings is 1. The van der Waals surface area contributed by atoms with Crippen molar-refractivity contribution in [3.63, 3.8) is 0 Å². The van der Waals surface area contributed by atoms with E-state index in [1.165, 1.54) is 23.1 Å². The van der Waals surface area contributed by atoms with Crippen molar-refractivity contribution in [2.24, 2.45) is 0 Å². The Hall–Kier alpha value is -3.39. The van der Waals surface area contributed by atoms with Gasteiger partial charge in [0.25, 0.3) is 5.91 Å². The highest BCUT2D eigenvalue weighted by Gasteiger charge is 2.26. The van der Waals surface area contributed by atoms with Gasteiger partial charge in [-0.15, -0.1) is 11.3 Å². The molecular weight excluding hydrogens is 479 g/mol. The Morgan fingerprint density at radius 2 is 1.81 bits per heavy atom. The predicted molar refractivity (Wildman–Crippen MR) is 140 cm³/mol. The lowest BCUT2D eigenvalue weighted by atomic mass is 10.1. The standard InChI is InChI=1S/C28H33FN2O4S/c1-5-20(2)31(28(33)22-8-6-9-23(29)17-22)19-27(32)30(18-24-10-7-15-36-24)14-13-21-11-12-25(34-3)26(16-21)35-4/h6-12,15-17,20H,5,13-14,18-19H2,1-4H3. The molecule has 2 amide bonds. The van der Waals surface area contributed by atoms with Gasteiger partial charge in [0.1, 0.15) is 12.4 Å². The highest BCUT2D eigenvalue weighted by Crippen LogP contribution is 2.28. The van der Waals surface area contributed by atoms with Gasteiger partial charge in [0.05, 0.1) is 20.8 Å². The number of ether oxygens (including phenoxy) is 2. The number of halogens is 1. The molecule has 1 heterocycles. The van der Waals surface area contributed by atoms with Gasteiger partial charge in [-0.25, -0.2) is 4.39 Å². The van der Waals surface area contributed by atoms with Crippen molar-refractivity contribution in [2.45, 2.75) is 39.3 Å². The van der Waals surface area contributed by atoms with Crippen LogP contribution in [0.15, 0.2) is 60.0 Å². The zero-order valence-corrected chi connectivity index (χ0v) is 22.0. The van der Waals surface area contributed by atoms with Gasteiger partial charge in [0, 0.05) is 23.0 Å². The van der Waals surface area contributed by atoms with Crippen LogP contribution in [0.3, 0.4) is 0 Å². The molecule has 8 heteroatoms. The largest absolute Gasteiger partial charge is 0.493 e. The lowest BCUT2D eigenvalue weighted by molar-refractivity contribution is -0.132. The summed E-state index contributed by atoms with van der Waals surface area (Å²) in [7, 11) is 3.18. The summed E-state index contributed by atoms with van der Waals surface area (Å²) < 4.78 is 24.5. The third-order valence-electron chi connectivity index (χ3n) is 6.16. The number of rotatable bonds is 12. The number of hydrogen-bond donors (Lipinski definition) is 0. The van der Waals surface area contributed by atoms with Gasteiger partial charge in [-0.3, -0.25) is 9.59 Å². The lowest BCUT2D eigenvalue weighted by Gasteiger charge is -2.31. The van der Waals surface area contributed by atoms with Crippen LogP contribution in [0.4, 0.5) is 4.39 Å². The Labute approximate surface area is 216 Å². The molecule has 1 atom stereocenters. The number of carbonyl (C=O) groups is 2. The molecule has 1 aromatic heterocycles. The van der Waals surface area contributed by atoms with Crippen LogP contribution in [0.2, 0.25) is 0 Å². The molecule has 0 bridgehead atoms. The Balaban J connectivity index is 1.80. The molecule has 0 saturated heterocycles. The van der Waals surface area contributed by atoms with Gasteiger partial charge in [0.2, 0.25) is 5.91 Å². The van der Waals surface area contributed by atoms with Crippen molar-refractivity contribution in [3.8, 4) is 11.5 Å². The second-order valence-corrected chi connectivity index (χ2v) is 9.57. The number of amides is 2. The van der Waals surface area contributed by atoms with Crippen LogP contribution in [0.5, 0.6) is 11.5 Å². The third-order valence-corrected chi connectivity index (χ3v) is 7.02. The first kappa shape index (κ1) is 27.2. The van der Waals surface area contributed by atoms with E-state index < -0.39 is 5.82 Å². The molecule has 1 unspecified atom stereocenters. The fraction of sp³-hybridized carbons (Fsp3) is 0.357. The molecule has 0 N–H and O–H groups in total. The van der Waals surface area contributed by atoms with Crippen LogP contribution >= 0.6 is 11.3 Å². The quantitative estimate of drug-likeness (QED) is 0.325. The normalized spacial score (nSPS) is 11.6. The molecule has 0 fully saturated rings. The zero-order chi connectivity index (χ0) is 26.1. The second kappa shape index (κ2) is 13.1. The summed E-state index contributed by atoms with van der Waals surface area (Å²) in [6, 6.07) is 15.1. The van der Waals surface area contributed by atoms with E-state index in [9.17, 15) is 14.0 Å². The van der Waals surface area contributed by atoms with Crippen LogP contribution in [0.25, 0.3) is 0 Å². The molecule has 6 nitrogen and oxygen atoms in total. The van der Waals surface area contributed by atoms with Crippen LogP contribution in [-0.2, 0) is 17.8 Å². The Bertz CT molecular complexity index is 1150. The van der Waals surface area contributed by atoms with Crippen molar-refractivity contribution >= 4 is 23.2 Å². The lowest BCUT2D eigenvalue weighted by Crippen LogP contribution is -2.46. The third kappa shape index (κ3) is 7.07. The smallest absolute Gasteiger partial charge is 0.254 e. The summed E-state index contributed by atoms with van der Waals surface area (Å²) in [4.78, 5) is 31.2. The number of carbonyl (C=O) groups excluding carboxylic acids is 2. The Morgan fingerprint density at radius 3 is 2.44 bits per heavy atom. The van der Waals surface area contributed by atoms with Gasteiger partial charge in [-0.2, -0.15) is 0 Å². The van der Waals surface area contributed by atoms with Gasteiger partial charge >= 0.3 is 0 Å². The highest BCUT2D eigenvalue weighted by molar-refractivity contribution is 7.09. The number of hydrogen-bond acceptors (Lipinski definition) is 5. The van der Waals surface area contributed by atoms with Crippen molar-refractivity contribution < 1.29 is 23.5 Å². The zero-order valence-electron chi connectivity index (χ0n) is 21.2. The minimum atomic E-state index is -0.481. The fourth-order valence-electron chi connectivity index (χ4n) is 3.86. The van der Waals surface area contributed by atoms with Crippen LogP contribution < -0.4 is 9.47 Å². The molecule has 2 aromatic carbocycles. The maximum Gasteiger partial charge on any atom is 0.254 e. The first-order chi connectivity index (χ1) is 17.4. The average molecular weight is 513 g/mol. The van der Waals surface area contributed by atoms with E-state index >= 15 is 0 Å².